The molecule has 168 valence electrons. The summed E-state index contributed by atoms with van der Waals surface area (Å²) >= 11 is 0. The number of nitrogens with zero attached hydrogens (tertiary/aromatic N) is 2. The second kappa shape index (κ2) is 8.36. The molecular weight excluding hydrogens is 398 g/mol. The molecule has 2 aromatic carbocycles. The van der Waals surface area contributed by atoms with Crippen molar-refractivity contribution in [3.05, 3.63) is 65.2 Å². The van der Waals surface area contributed by atoms with Crippen LogP contribution in [0.1, 0.15) is 61.8 Å². The second-order valence-corrected chi connectivity index (χ2v) is 9.75. The van der Waals surface area contributed by atoms with Crippen molar-refractivity contribution in [1.82, 2.24) is 10.2 Å². The first-order chi connectivity index (χ1) is 15.5. The summed E-state index contributed by atoms with van der Waals surface area (Å²) in [5.41, 5.74) is 4.18. The van der Waals surface area contributed by atoms with E-state index in [2.05, 4.69) is 34.5 Å². The zero-order valence-electron chi connectivity index (χ0n) is 19.1. The van der Waals surface area contributed by atoms with E-state index < -0.39 is 5.41 Å². The number of benzene rings is 2. The fraction of sp³-hybridized carbons (Fsp3) is 0.481. The predicted molar refractivity (Wildman–Crippen MR) is 127 cm³/mol. The first-order valence-corrected chi connectivity index (χ1v) is 12.0. The van der Waals surface area contributed by atoms with E-state index in [0.29, 0.717) is 6.04 Å². The average molecular weight is 432 g/mol. The van der Waals surface area contributed by atoms with Gasteiger partial charge in [-0.3, -0.25) is 14.5 Å². The quantitative estimate of drug-likeness (QED) is 0.797. The fourth-order valence-electron chi connectivity index (χ4n) is 6.15. The molecule has 3 aliphatic rings. The number of hydrogen-bond donors (Lipinski definition) is 1. The third-order valence-corrected chi connectivity index (χ3v) is 7.88. The number of likely N-dealkylation sites (tertiary alicyclic amines) is 1. The Balaban J connectivity index is 1.35. The molecule has 5 rings (SSSR count). The lowest BCUT2D eigenvalue weighted by atomic mass is 9.80. The van der Waals surface area contributed by atoms with Crippen LogP contribution in [0.5, 0.6) is 0 Å². The Labute approximate surface area is 190 Å². The topological polar surface area (TPSA) is 52.7 Å². The molecule has 2 atom stereocenters. The molecule has 5 heteroatoms. The molecular formula is C27H33N3O2. The maximum absolute atomic E-state index is 13.7. The van der Waals surface area contributed by atoms with Gasteiger partial charge in [-0.15, -0.1) is 0 Å². The van der Waals surface area contributed by atoms with Crippen LogP contribution in [0.25, 0.3) is 0 Å². The van der Waals surface area contributed by atoms with Gasteiger partial charge in [0.1, 0.15) is 0 Å². The standard InChI is InChI=1S/C27H33N3O2/c1-27(18-25(31)28-2)22-11-5-6-12-24(22)30(26(27)32)20-14-16-29(17-15-20)23-13-7-9-19-8-3-4-10-21(19)23/h3-6,8,10-12,20,23H,7,9,13-18H2,1-2H3,(H,28,31). The molecule has 2 heterocycles. The molecule has 1 saturated heterocycles. The zero-order chi connectivity index (χ0) is 22.3. The van der Waals surface area contributed by atoms with E-state index in [1.54, 1.807) is 7.05 Å². The van der Waals surface area contributed by atoms with Crippen LogP contribution in [0.3, 0.4) is 0 Å². The smallest absolute Gasteiger partial charge is 0.238 e. The Morgan fingerprint density at radius 3 is 2.56 bits per heavy atom. The molecule has 2 amide bonds. The predicted octanol–water partition coefficient (Wildman–Crippen LogP) is 3.97. The van der Waals surface area contributed by atoms with E-state index in [9.17, 15) is 9.59 Å². The van der Waals surface area contributed by atoms with Crippen LogP contribution in [0.4, 0.5) is 5.69 Å². The van der Waals surface area contributed by atoms with Gasteiger partial charge in [-0.25, -0.2) is 0 Å². The number of fused-ring (bicyclic) bond motifs is 2. The summed E-state index contributed by atoms with van der Waals surface area (Å²) in [5.74, 6) is -0.0213. The number of hydrogen-bond acceptors (Lipinski definition) is 3. The van der Waals surface area contributed by atoms with Gasteiger partial charge in [0.2, 0.25) is 11.8 Å². The van der Waals surface area contributed by atoms with Crippen molar-refractivity contribution in [2.45, 2.75) is 62.9 Å². The highest BCUT2D eigenvalue weighted by Gasteiger charge is 2.50. The van der Waals surface area contributed by atoms with Gasteiger partial charge in [0, 0.05) is 44.3 Å². The van der Waals surface area contributed by atoms with Crippen LogP contribution >= 0.6 is 0 Å². The number of para-hydroxylation sites is 1. The molecule has 1 aliphatic carbocycles. The first kappa shape index (κ1) is 21.2. The highest BCUT2D eigenvalue weighted by Crippen LogP contribution is 2.46. The molecule has 0 saturated carbocycles. The van der Waals surface area contributed by atoms with Crippen molar-refractivity contribution < 1.29 is 9.59 Å². The largest absolute Gasteiger partial charge is 0.359 e. The van der Waals surface area contributed by atoms with Gasteiger partial charge in [0.25, 0.3) is 0 Å². The summed E-state index contributed by atoms with van der Waals surface area (Å²) in [6.45, 7) is 3.93. The van der Waals surface area contributed by atoms with E-state index in [4.69, 9.17) is 0 Å². The van der Waals surface area contributed by atoms with Crippen LogP contribution in [0, 0.1) is 0 Å². The van der Waals surface area contributed by atoms with Gasteiger partial charge in [0.05, 0.1) is 5.41 Å². The summed E-state index contributed by atoms with van der Waals surface area (Å²) in [5, 5.41) is 2.70. The average Bonchev–Trinajstić information content (AvgIpc) is 3.05. The molecule has 2 aromatic rings. The second-order valence-electron chi connectivity index (χ2n) is 9.75. The zero-order valence-corrected chi connectivity index (χ0v) is 19.1. The number of piperidine rings is 1. The lowest BCUT2D eigenvalue weighted by molar-refractivity contribution is -0.129. The van der Waals surface area contributed by atoms with Crippen molar-refractivity contribution in [2.24, 2.45) is 0 Å². The van der Waals surface area contributed by atoms with Crippen LogP contribution in [0.15, 0.2) is 48.5 Å². The molecule has 1 N–H and O–H groups in total. The van der Waals surface area contributed by atoms with Crippen LogP contribution < -0.4 is 10.2 Å². The molecule has 0 bridgehead atoms. The van der Waals surface area contributed by atoms with Crippen molar-refractivity contribution >= 4 is 17.5 Å². The van der Waals surface area contributed by atoms with Crippen molar-refractivity contribution in [3.63, 3.8) is 0 Å². The van der Waals surface area contributed by atoms with Gasteiger partial charge in [-0.05, 0) is 61.8 Å². The summed E-state index contributed by atoms with van der Waals surface area (Å²) in [4.78, 5) is 30.6. The maximum Gasteiger partial charge on any atom is 0.238 e. The molecule has 0 aromatic heterocycles. The van der Waals surface area contributed by atoms with Crippen molar-refractivity contribution in [2.75, 3.05) is 25.0 Å². The molecule has 0 radical (unpaired) electrons. The minimum absolute atomic E-state index is 0.0729. The Kier molecular flexibility index (Phi) is 5.54. The summed E-state index contributed by atoms with van der Waals surface area (Å²) < 4.78 is 0. The van der Waals surface area contributed by atoms with E-state index in [1.165, 1.54) is 30.4 Å². The number of amides is 2. The van der Waals surface area contributed by atoms with E-state index in [0.717, 1.165) is 37.2 Å². The Morgan fingerprint density at radius 2 is 1.78 bits per heavy atom. The van der Waals surface area contributed by atoms with Gasteiger partial charge >= 0.3 is 0 Å². The monoisotopic (exact) mass is 431 g/mol. The molecule has 32 heavy (non-hydrogen) atoms. The van der Waals surface area contributed by atoms with E-state index in [-0.39, 0.29) is 24.3 Å². The fourth-order valence-corrected chi connectivity index (χ4v) is 6.15. The Hall–Kier alpha value is -2.66. The molecule has 2 aliphatic heterocycles. The lowest BCUT2D eigenvalue weighted by Gasteiger charge is -2.42. The minimum atomic E-state index is -0.796. The molecule has 1 fully saturated rings. The SMILES string of the molecule is CNC(=O)CC1(C)C(=O)N(C2CCN(C3CCCc4ccccc43)CC2)c2ccccc21. The van der Waals surface area contributed by atoms with Gasteiger partial charge in [-0.2, -0.15) is 0 Å². The van der Waals surface area contributed by atoms with Crippen molar-refractivity contribution in [3.8, 4) is 0 Å². The minimum Gasteiger partial charge on any atom is -0.359 e. The van der Waals surface area contributed by atoms with Gasteiger partial charge in [0.15, 0.2) is 0 Å². The first-order valence-electron chi connectivity index (χ1n) is 12.0. The summed E-state index contributed by atoms with van der Waals surface area (Å²) in [7, 11) is 1.63. The normalized spacial score (nSPS) is 26.0. The summed E-state index contributed by atoms with van der Waals surface area (Å²) in [6.07, 6.45) is 5.78. The van der Waals surface area contributed by atoms with Crippen LogP contribution in [0.2, 0.25) is 0 Å². The van der Waals surface area contributed by atoms with Crippen LogP contribution in [-0.4, -0.2) is 42.9 Å². The number of aryl methyl sites for hydroxylation is 1. The van der Waals surface area contributed by atoms with E-state index >= 15 is 0 Å². The molecule has 0 spiro atoms. The number of nitrogens with one attached hydrogen (secondary N) is 1. The van der Waals surface area contributed by atoms with Crippen LogP contribution in [-0.2, 0) is 21.4 Å². The number of anilines is 1. The Morgan fingerprint density at radius 1 is 1.06 bits per heavy atom. The maximum atomic E-state index is 13.7. The van der Waals surface area contributed by atoms with E-state index in [1.807, 2.05) is 36.1 Å². The number of carbonyl (C=O) groups is 2. The highest BCUT2D eigenvalue weighted by atomic mass is 16.2. The number of carbonyl (C=O) groups excluding carboxylic acids is 2. The van der Waals surface area contributed by atoms with Crippen molar-refractivity contribution in [1.29, 1.82) is 0 Å². The third kappa shape index (κ3) is 3.43. The molecule has 2 unspecified atom stereocenters. The Bertz CT molecular complexity index is 1030. The number of rotatable bonds is 4. The molecule has 5 nitrogen and oxygen atoms in total. The van der Waals surface area contributed by atoms with Gasteiger partial charge < -0.3 is 10.2 Å². The summed E-state index contributed by atoms with van der Waals surface area (Å²) in [6, 6.07) is 17.6. The van der Waals surface area contributed by atoms with Gasteiger partial charge in [-0.1, -0.05) is 42.5 Å². The third-order valence-electron chi connectivity index (χ3n) is 7.88. The lowest BCUT2D eigenvalue weighted by Crippen LogP contribution is -2.50. The highest BCUT2D eigenvalue weighted by molar-refractivity contribution is 6.10.